The van der Waals surface area contributed by atoms with Crippen LogP contribution in [0.3, 0.4) is 0 Å². The minimum absolute atomic E-state index is 0.0185. The largest absolute Gasteiger partial charge is 0.489 e. The summed E-state index contributed by atoms with van der Waals surface area (Å²) in [7, 11) is -1.88. The Kier molecular flexibility index (Phi) is 7.73. The number of carbonyl (C=O) groups excluding carboxylic acids is 1. The summed E-state index contributed by atoms with van der Waals surface area (Å²) in [5.74, 6) is 0.305. The number of ketones is 1. The minimum atomic E-state index is -4.06. The van der Waals surface area contributed by atoms with E-state index in [9.17, 15) is 13.2 Å². The third kappa shape index (κ3) is 5.70. The van der Waals surface area contributed by atoms with Gasteiger partial charge in [0.05, 0.1) is 17.1 Å². The van der Waals surface area contributed by atoms with Gasteiger partial charge >= 0.3 is 0 Å². The van der Waals surface area contributed by atoms with Crippen LogP contribution >= 0.6 is 11.3 Å². The fourth-order valence-corrected chi connectivity index (χ4v) is 9.22. The first-order valence-corrected chi connectivity index (χ1v) is 17.1. The van der Waals surface area contributed by atoms with Crippen molar-refractivity contribution in [1.82, 2.24) is 14.7 Å². The maximum atomic E-state index is 14.2. The van der Waals surface area contributed by atoms with E-state index in [4.69, 9.17) is 4.74 Å². The second kappa shape index (κ2) is 11.7. The Morgan fingerprint density at radius 1 is 0.907 bits per heavy atom. The molecular weight excluding hydrogens is 581 g/mol. The average Bonchev–Trinajstić information content (AvgIpc) is 3.42. The molecule has 1 unspecified atom stereocenters. The lowest BCUT2D eigenvalue weighted by Crippen LogP contribution is -2.53. The number of benzene rings is 3. The molecule has 4 aromatic rings. The van der Waals surface area contributed by atoms with Gasteiger partial charge in [0.15, 0.2) is 5.78 Å². The highest BCUT2D eigenvalue weighted by Crippen LogP contribution is 2.38. The third-order valence-electron chi connectivity index (χ3n) is 8.78. The quantitative estimate of drug-likeness (QED) is 0.308. The summed E-state index contributed by atoms with van der Waals surface area (Å²) in [6, 6.07) is 21.2. The maximum Gasteiger partial charge on any atom is 0.265 e. The van der Waals surface area contributed by atoms with E-state index in [0.717, 1.165) is 56.5 Å². The molecule has 3 aliphatic rings. The Hall–Kier alpha value is -3.28. The zero-order valence-corrected chi connectivity index (χ0v) is 25.9. The summed E-state index contributed by atoms with van der Waals surface area (Å²) >= 11 is 1.90. The van der Waals surface area contributed by atoms with Crippen molar-refractivity contribution in [3.05, 3.63) is 88.1 Å². The summed E-state index contributed by atoms with van der Waals surface area (Å²) in [4.78, 5) is 23.9. The third-order valence-corrected chi connectivity index (χ3v) is 11.8. The number of hydrogen-bond acceptors (Lipinski definition) is 8. The minimum Gasteiger partial charge on any atom is -0.489 e. The van der Waals surface area contributed by atoms with Crippen molar-refractivity contribution >= 4 is 43.6 Å². The van der Waals surface area contributed by atoms with Crippen LogP contribution in [-0.4, -0.2) is 87.9 Å². The molecule has 8 nitrogen and oxygen atoms in total. The molecule has 1 fully saturated rings. The summed E-state index contributed by atoms with van der Waals surface area (Å²) in [6.45, 7) is 6.98. The van der Waals surface area contributed by atoms with Crippen molar-refractivity contribution in [3.8, 4) is 5.75 Å². The number of sulfonamides is 1. The SMILES string of the molecule is CN1CCN(Cc2cc3c(s2)CCN(CC(=O)C2COc4ccccc4N2S(=O)(=O)c2ccc4ccccc4c2)C3)CC1. The average molecular weight is 617 g/mol. The molecule has 3 aliphatic heterocycles. The zero-order chi connectivity index (χ0) is 29.6. The molecule has 0 amide bonds. The molecule has 0 N–H and O–H groups in total. The smallest absolute Gasteiger partial charge is 0.265 e. The lowest BCUT2D eigenvalue weighted by atomic mass is 10.1. The van der Waals surface area contributed by atoms with Crippen LogP contribution in [0.4, 0.5) is 5.69 Å². The Bertz CT molecular complexity index is 1760. The molecule has 1 saturated heterocycles. The first kappa shape index (κ1) is 28.5. The summed E-state index contributed by atoms with van der Waals surface area (Å²) < 4.78 is 35.8. The van der Waals surface area contributed by atoms with Crippen LogP contribution < -0.4 is 9.04 Å². The predicted octanol–water partition coefficient (Wildman–Crippen LogP) is 4.23. The fraction of sp³-hybridized carbons (Fsp3) is 0.364. The van der Waals surface area contributed by atoms with Crippen LogP contribution in [0, 0.1) is 0 Å². The number of ether oxygens (including phenoxy) is 1. The zero-order valence-electron chi connectivity index (χ0n) is 24.3. The van der Waals surface area contributed by atoms with Gasteiger partial charge in [-0.25, -0.2) is 12.7 Å². The first-order valence-electron chi connectivity index (χ1n) is 14.9. The number of thiophene rings is 1. The molecule has 10 heteroatoms. The van der Waals surface area contributed by atoms with E-state index in [1.807, 2.05) is 47.7 Å². The Morgan fingerprint density at radius 2 is 1.67 bits per heavy atom. The molecule has 1 atom stereocenters. The number of nitrogens with zero attached hydrogens (tertiary/aromatic N) is 4. The number of hydrogen-bond donors (Lipinski definition) is 0. The van der Waals surface area contributed by atoms with Crippen molar-refractivity contribution in [2.75, 3.05) is 57.2 Å². The van der Waals surface area contributed by atoms with Gasteiger partial charge in [0.25, 0.3) is 10.0 Å². The van der Waals surface area contributed by atoms with Gasteiger partial charge in [-0.05, 0) is 60.1 Å². The maximum absolute atomic E-state index is 14.2. The van der Waals surface area contributed by atoms with Gasteiger partial charge < -0.3 is 9.64 Å². The number of fused-ring (bicyclic) bond motifs is 3. The van der Waals surface area contributed by atoms with E-state index in [-0.39, 0.29) is 23.8 Å². The molecule has 0 aliphatic carbocycles. The van der Waals surface area contributed by atoms with E-state index >= 15 is 0 Å². The standard InChI is InChI=1S/C33H36N4O4S2/c1-34-14-16-35(17-15-34)21-27-18-26-20-36(13-12-33(26)42-27)22-31(38)30-23-41-32-9-5-4-8-29(32)37(30)43(39,40)28-11-10-24-6-2-3-7-25(24)19-28/h2-11,18-19,30H,12-17,20-23H2,1H3. The highest BCUT2D eigenvalue weighted by molar-refractivity contribution is 7.93. The van der Waals surface area contributed by atoms with Crippen LogP contribution in [0.1, 0.15) is 15.3 Å². The second-order valence-corrected chi connectivity index (χ2v) is 14.8. The number of likely N-dealkylation sites (N-methyl/N-ethyl adjacent to an activating group) is 1. The van der Waals surface area contributed by atoms with Gasteiger partial charge in [0, 0.05) is 55.6 Å². The fourth-order valence-electron chi connectivity index (χ4n) is 6.35. The normalized spacial score (nSPS) is 20.0. The van der Waals surface area contributed by atoms with Crippen molar-refractivity contribution in [3.63, 3.8) is 0 Å². The first-order chi connectivity index (χ1) is 20.8. The predicted molar refractivity (Wildman–Crippen MR) is 170 cm³/mol. The van der Waals surface area contributed by atoms with Crippen LogP contribution in [-0.2, 0) is 34.3 Å². The Morgan fingerprint density at radius 3 is 2.51 bits per heavy atom. The molecular formula is C33H36N4O4S2. The molecule has 4 heterocycles. The van der Waals surface area contributed by atoms with Crippen LogP contribution in [0.5, 0.6) is 5.75 Å². The lowest BCUT2D eigenvalue weighted by Gasteiger charge is -2.37. The number of piperazine rings is 1. The van der Waals surface area contributed by atoms with Gasteiger partial charge in [-0.3, -0.25) is 14.6 Å². The van der Waals surface area contributed by atoms with Crippen molar-refractivity contribution < 1.29 is 17.9 Å². The van der Waals surface area contributed by atoms with Gasteiger partial charge in [-0.2, -0.15) is 0 Å². The summed E-state index contributed by atoms with van der Waals surface area (Å²) in [6.07, 6.45) is 0.902. The van der Waals surface area contributed by atoms with Gasteiger partial charge in [-0.1, -0.05) is 42.5 Å². The number of anilines is 1. The van der Waals surface area contributed by atoms with E-state index in [1.54, 1.807) is 30.3 Å². The van der Waals surface area contributed by atoms with Crippen molar-refractivity contribution in [2.45, 2.75) is 30.4 Å². The van der Waals surface area contributed by atoms with Crippen LogP contribution in [0.2, 0.25) is 0 Å². The molecule has 0 spiro atoms. The monoisotopic (exact) mass is 616 g/mol. The Balaban J connectivity index is 1.11. The summed E-state index contributed by atoms with van der Waals surface area (Å²) in [5, 5.41) is 1.79. The van der Waals surface area contributed by atoms with Crippen molar-refractivity contribution in [1.29, 1.82) is 0 Å². The number of carbonyl (C=O) groups is 1. The topological polar surface area (TPSA) is 73.4 Å². The highest BCUT2D eigenvalue weighted by Gasteiger charge is 2.41. The van der Waals surface area contributed by atoms with Crippen LogP contribution in [0.25, 0.3) is 10.8 Å². The van der Waals surface area contributed by atoms with E-state index in [0.29, 0.717) is 18.0 Å². The Labute approximate surface area is 257 Å². The lowest BCUT2D eigenvalue weighted by molar-refractivity contribution is -0.122. The molecule has 43 heavy (non-hydrogen) atoms. The highest BCUT2D eigenvalue weighted by atomic mass is 32.2. The van der Waals surface area contributed by atoms with Crippen molar-refractivity contribution in [2.24, 2.45) is 0 Å². The van der Waals surface area contributed by atoms with E-state index in [1.165, 1.54) is 19.6 Å². The van der Waals surface area contributed by atoms with Crippen LogP contribution in [0.15, 0.2) is 77.7 Å². The second-order valence-electron chi connectivity index (χ2n) is 11.8. The molecule has 3 aromatic carbocycles. The van der Waals surface area contributed by atoms with Gasteiger partial charge in [0.2, 0.25) is 0 Å². The molecule has 0 saturated carbocycles. The van der Waals surface area contributed by atoms with Gasteiger partial charge in [-0.15, -0.1) is 11.3 Å². The van der Waals surface area contributed by atoms with E-state index < -0.39 is 16.1 Å². The molecule has 0 bridgehead atoms. The molecule has 1 aromatic heterocycles. The summed E-state index contributed by atoms with van der Waals surface area (Å²) in [5.41, 5.74) is 1.69. The number of Topliss-reactive ketones (excluding diaryl/α,β-unsaturated/α-hetero) is 1. The van der Waals surface area contributed by atoms with E-state index in [2.05, 4.69) is 27.8 Å². The molecule has 0 radical (unpaired) electrons. The molecule has 7 rings (SSSR count). The molecule has 224 valence electrons. The number of rotatable bonds is 7. The van der Waals surface area contributed by atoms with Gasteiger partial charge in [0.1, 0.15) is 18.4 Å². The number of para-hydroxylation sites is 2.